The van der Waals surface area contributed by atoms with E-state index < -0.39 is 6.29 Å². The lowest BCUT2D eigenvalue weighted by molar-refractivity contribution is -0.0217. The topological polar surface area (TPSA) is 44.8 Å². The molecule has 74 valence electrons. The maximum Gasteiger partial charge on any atom is 0.338 e. The van der Waals surface area contributed by atoms with Crippen LogP contribution in [-0.4, -0.2) is 13.1 Å². The van der Waals surface area contributed by atoms with Gasteiger partial charge in [0.25, 0.3) is 6.29 Å². The van der Waals surface area contributed by atoms with E-state index in [9.17, 15) is 4.79 Å². The first-order chi connectivity index (χ1) is 6.81. The smallest absolute Gasteiger partial charge is 0.338 e. The molecule has 0 aliphatic carbocycles. The molecule has 2 heterocycles. The summed E-state index contributed by atoms with van der Waals surface area (Å²) < 4.78 is 14.8. The number of methoxy groups -OCH3 is 1. The van der Waals surface area contributed by atoms with Crippen LogP contribution in [0.4, 0.5) is 0 Å². The number of rotatable bonds is 2. The summed E-state index contributed by atoms with van der Waals surface area (Å²) in [7, 11) is 1.35. The van der Waals surface area contributed by atoms with Crippen LogP contribution >= 0.6 is 11.3 Å². The van der Waals surface area contributed by atoms with Crippen LogP contribution in [0.25, 0.3) is 0 Å². The Balaban J connectivity index is 2.13. The Labute approximate surface area is 84.7 Å². The summed E-state index contributed by atoms with van der Waals surface area (Å²) in [6, 6.07) is 1.70. The molecule has 0 fully saturated rings. The van der Waals surface area contributed by atoms with Crippen LogP contribution in [-0.2, 0) is 14.2 Å². The second kappa shape index (κ2) is 3.71. The van der Waals surface area contributed by atoms with Crippen molar-refractivity contribution in [3.63, 3.8) is 0 Å². The molecule has 2 rings (SSSR count). The fraction of sp³-hybridized carbons (Fsp3) is 0.222. The van der Waals surface area contributed by atoms with E-state index in [1.54, 1.807) is 11.4 Å². The van der Waals surface area contributed by atoms with Crippen molar-refractivity contribution < 1.29 is 19.0 Å². The van der Waals surface area contributed by atoms with Crippen LogP contribution in [0.5, 0.6) is 0 Å². The molecule has 0 N–H and O–H groups in total. The zero-order chi connectivity index (χ0) is 9.97. The van der Waals surface area contributed by atoms with Gasteiger partial charge in [-0.25, -0.2) is 4.79 Å². The molecule has 0 spiro atoms. The molecule has 1 aromatic heterocycles. The van der Waals surface area contributed by atoms with Crippen LogP contribution in [0.2, 0.25) is 0 Å². The van der Waals surface area contributed by atoms with Gasteiger partial charge in [0.15, 0.2) is 0 Å². The highest BCUT2D eigenvalue weighted by atomic mass is 32.1. The Morgan fingerprint density at radius 3 is 2.86 bits per heavy atom. The summed E-state index contributed by atoms with van der Waals surface area (Å²) in [5, 5.41) is 1.71. The van der Waals surface area contributed by atoms with Crippen molar-refractivity contribution in [3.8, 4) is 0 Å². The Kier molecular flexibility index (Phi) is 2.41. The second-order valence-corrected chi connectivity index (χ2v) is 3.55. The fourth-order valence-electron chi connectivity index (χ4n) is 1.07. The first-order valence-corrected chi connectivity index (χ1v) is 4.82. The van der Waals surface area contributed by atoms with E-state index in [0.717, 1.165) is 4.88 Å². The average molecular weight is 212 g/mol. The van der Waals surface area contributed by atoms with E-state index in [4.69, 9.17) is 9.47 Å². The predicted octanol–water partition coefficient (Wildman–Crippen LogP) is 2.05. The number of hydrogen-bond acceptors (Lipinski definition) is 5. The van der Waals surface area contributed by atoms with Crippen LogP contribution < -0.4 is 0 Å². The van der Waals surface area contributed by atoms with Gasteiger partial charge >= 0.3 is 5.97 Å². The zero-order valence-electron chi connectivity index (χ0n) is 7.43. The molecule has 0 unspecified atom stereocenters. The molecular formula is C9H8O4S. The maximum atomic E-state index is 11.1. The minimum Gasteiger partial charge on any atom is -0.465 e. The number of hydrogen-bond donors (Lipinski definition) is 0. The highest BCUT2D eigenvalue weighted by Crippen LogP contribution is 2.29. The molecular weight excluding hydrogens is 204 g/mol. The molecule has 0 saturated carbocycles. The molecule has 0 radical (unpaired) electrons. The van der Waals surface area contributed by atoms with Gasteiger partial charge in [0.05, 0.1) is 17.6 Å². The summed E-state index contributed by atoms with van der Waals surface area (Å²) in [4.78, 5) is 12.0. The quantitative estimate of drug-likeness (QED) is 0.704. The predicted molar refractivity (Wildman–Crippen MR) is 49.7 cm³/mol. The van der Waals surface area contributed by atoms with Gasteiger partial charge < -0.3 is 14.2 Å². The third-order valence-corrected chi connectivity index (χ3v) is 2.69. The normalized spacial score (nSPS) is 14.9. The van der Waals surface area contributed by atoms with E-state index in [0.29, 0.717) is 5.56 Å². The average Bonchev–Trinajstić information content (AvgIpc) is 2.86. The van der Waals surface area contributed by atoms with Crippen molar-refractivity contribution in [1.82, 2.24) is 0 Å². The molecule has 5 heteroatoms. The number of ether oxygens (including phenoxy) is 3. The van der Waals surface area contributed by atoms with Gasteiger partial charge in [-0.05, 0) is 6.07 Å². The standard InChI is InChI=1S/C9H8O4S/c1-11-8(10)6-4-7(14-5-6)9-12-2-3-13-9/h2-5,9H,1H3. The van der Waals surface area contributed by atoms with Crippen LogP contribution in [0.3, 0.4) is 0 Å². The highest BCUT2D eigenvalue weighted by molar-refractivity contribution is 7.10. The molecule has 0 atom stereocenters. The molecule has 1 aliphatic heterocycles. The van der Waals surface area contributed by atoms with E-state index in [-0.39, 0.29) is 5.97 Å². The zero-order valence-corrected chi connectivity index (χ0v) is 8.24. The first-order valence-electron chi connectivity index (χ1n) is 3.94. The number of thiophene rings is 1. The molecule has 14 heavy (non-hydrogen) atoms. The number of carbonyl (C=O) groups excluding carboxylic acids is 1. The van der Waals surface area contributed by atoms with Gasteiger partial charge in [-0.2, -0.15) is 0 Å². The van der Waals surface area contributed by atoms with E-state index in [1.165, 1.54) is 31.0 Å². The van der Waals surface area contributed by atoms with Crippen LogP contribution in [0.1, 0.15) is 21.5 Å². The van der Waals surface area contributed by atoms with Gasteiger partial charge in [0.2, 0.25) is 0 Å². The summed E-state index contributed by atoms with van der Waals surface area (Å²) in [6.07, 6.45) is 2.53. The number of esters is 1. The Morgan fingerprint density at radius 1 is 1.50 bits per heavy atom. The van der Waals surface area contributed by atoms with Gasteiger partial charge in [0, 0.05) is 5.38 Å². The molecule has 0 aromatic carbocycles. The molecule has 4 nitrogen and oxygen atoms in total. The highest BCUT2D eigenvalue weighted by Gasteiger charge is 2.19. The summed E-state index contributed by atoms with van der Waals surface area (Å²) in [6.45, 7) is 0. The van der Waals surface area contributed by atoms with E-state index >= 15 is 0 Å². The molecule has 1 aliphatic rings. The third kappa shape index (κ3) is 1.58. The minimum absolute atomic E-state index is 0.349. The summed E-state index contributed by atoms with van der Waals surface area (Å²) in [5.74, 6) is -0.349. The largest absolute Gasteiger partial charge is 0.465 e. The lowest BCUT2D eigenvalue weighted by Gasteiger charge is -2.06. The Hall–Kier alpha value is -1.49. The number of carbonyl (C=O) groups is 1. The lowest BCUT2D eigenvalue weighted by atomic mass is 10.3. The van der Waals surface area contributed by atoms with Crippen molar-refractivity contribution >= 4 is 17.3 Å². The van der Waals surface area contributed by atoms with E-state index in [2.05, 4.69) is 4.74 Å². The van der Waals surface area contributed by atoms with Crippen molar-refractivity contribution in [2.45, 2.75) is 6.29 Å². The van der Waals surface area contributed by atoms with Gasteiger partial charge in [-0.3, -0.25) is 0 Å². The first kappa shape index (κ1) is 9.08. The van der Waals surface area contributed by atoms with Crippen molar-refractivity contribution in [2.24, 2.45) is 0 Å². The van der Waals surface area contributed by atoms with Crippen LogP contribution in [0, 0.1) is 0 Å². The minimum atomic E-state index is -0.418. The van der Waals surface area contributed by atoms with Gasteiger partial charge in [0.1, 0.15) is 12.5 Å². The Morgan fingerprint density at radius 2 is 2.21 bits per heavy atom. The monoisotopic (exact) mass is 212 g/mol. The maximum absolute atomic E-state index is 11.1. The molecule has 0 amide bonds. The van der Waals surface area contributed by atoms with Crippen molar-refractivity contribution in [3.05, 3.63) is 34.4 Å². The van der Waals surface area contributed by atoms with E-state index in [1.807, 2.05) is 0 Å². The molecule has 0 saturated heterocycles. The molecule has 0 bridgehead atoms. The van der Waals surface area contributed by atoms with Crippen molar-refractivity contribution in [1.29, 1.82) is 0 Å². The molecule has 1 aromatic rings. The second-order valence-electron chi connectivity index (χ2n) is 2.61. The van der Waals surface area contributed by atoms with Gasteiger partial charge in [-0.1, -0.05) is 0 Å². The SMILES string of the molecule is COC(=O)c1csc(C2OC=CO2)c1. The van der Waals surface area contributed by atoms with Crippen LogP contribution in [0.15, 0.2) is 24.0 Å². The Bertz CT molecular complexity index is 361. The summed E-state index contributed by atoms with van der Waals surface area (Å²) >= 11 is 1.40. The summed E-state index contributed by atoms with van der Waals surface area (Å²) in [5.41, 5.74) is 0.520. The van der Waals surface area contributed by atoms with Crippen molar-refractivity contribution in [2.75, 3.05) is 7.11 Å². The lowest BCUT2D eigenvalue weighted by Crippen LogP contribution is -1.99. The fourth-order valence-corrected chi connectivity index (χ4v) is 1.92. The third-order valence-electron chi connectivity index (χ3n) is 1.73. The van der Waals surface area contributed by atoms with Gasteiger partial charge in [-0.15, -0.1) is 11.3 Å².